The number of hydrogen-bond donors (Lipinski definition) is 2. The van der Waals surface area contributed by atoms with Crippen LogP contribution in [0, 0.1) is 11.8 Å². The van der Waals surface area contributed by atoms with Crippen molar-refractivity contribution in [1.29, 1.82) is 0 Å². The van der Waals surface area contributed by atoms with E-state index in [0.29, 0.717) is 11.7 Å². The standard InChI is InChI=1S/C16H25N5O2.C2H6.2H2/c1-11(2)16(23)18-14-4-5-15(20-19-14)21-8-6-13(7-9-21)10-17-12(3)22;1-2;;/h4-5,11,13H,6-10H2,1-3H3,(H,17,22)(H,18,19,23);1-2H3;2*1H. The molecule has 1 aromatic rings. The van der Waals surface area contributed by atoms with Crippen LogP contribution >= 0.6 is 0 Å². The number of nitrogens with one attached hydrogen (secondary N) is 2. The summed E-state index contributed by atoms with van der Waals surface area (Å²) in [4.78, 5) is 24.8. The van der Waals surface area contributed by atoms with Crippen molar-refractivity contribution in [3.05, 3.63) is 12.1 Å². The van der Waals surface area contributed by atoms with Crippen LogP contribution in [0.1, 0.15) is 50.3 Å². The monoisotopic (exact) mass is 353 g/mol. The van der Waals surface area contributed by atoms with E-state index < -0.39 is 0 Å². The fourth-order valence-electron chi connectivity index (χ4n) is 2.49. The number of carbonyl (C=O) groups excluding carboxylic acids is 2. The van der Waals surface area contributed by atoms with Gasteiger partial charge in [0.1, 0.15) is 0 Å². The van der Waals surface area contributed by atoms with Crippen molar-refractivity contribution in [3.63, 3.8) is 0 Å². The molecule has 2 amide bonds. The third-order valence-electron chi connectivity index (χ3n) is 4.00. The second-order valence-electron chi connectivity index (χ2n) is 6.29. The molecule has 2 rings (SSSR count). The lowest BCUT2D eigenvalue weighted by molar-refractivity contribution is -0.119. The molecule has 1 aliphatic heterocycles. The second-order valence-corrected chi connectivity index (χ2v) is 6.29. The van der Waals surface area contributed by atoms with Gasteiger partial charge in [0.25, 0.3) is 0 Å². The SMILES string of the molecule is CC.CC(=O)NCC1CCN(c2ccc(NC(=O)C(C)C)nn2)CC1.[HH].[HH]. The van der Waals surface area contributed by atoms with Gasteiger partial charge in [0, 0.05) is 35.3 Å². The van der Waals surface area contributed by atoms with Crippen LogP contribution < -0.4 is 15.5 Å². The fourth-order valence-corrected chi connectivity index (χ4v) is 2.49. The summed E-state index contributed by atoms with van der Waals surface area (Å²) >= 11 is 0. The number of amides is 2. The average Bonchev–Trinajstić information content (AvgIpc) is 2.62. The molecule has 2 heterocycles. The summed E-state index contributed by atoms with van der Waals surface area (Å²) in [5.74, 6) is 1.70. The molecule has 0 radical (unpaired) electrons. The molecule has 0 spiro atoms. The molecule has 0 saturated carbocycles. The molecule has 7 heteroatoms. The van der Waals surface area contributed by atoms with Gasteiger partial charge in [-0.2, -0.15) is 0 Å². The Morgan fingerprint density at radius 1 is 1.24 bits per heavy atom. The number of hydrogen-bond acceptors (Lipinski definition) is 5. The maximum absolute atomic E-state index is 11.6. The first-order chi connectivity index (χ1) is 12.0. The number of nitrogens with zero attached hydrogens (tertiary/aromatic N) is 3. The highest BCUT2D eigenvalue weighted by atomic mass is 16.2. The quantitative estimate of drug-likeness (QED) is 0.850. The molecule has 0 aromatic carbocycles. The topological polar surface area (TPSA) is 87.2 Å². The summed E-state index contributed by atoms with van der Waals surface area (Å²) in [5, 5.41) is 13.9. The molecule has 25 heavy (non-hydrogen) atoms. The first-order valence-corrected chi connectivity index (χ1v) is 9.09. The Bertz CT molecular complexity index is 547. The molecule has 1 saturated heterocycles. The average molecular weight is 354 g/mol. The van der Waals surface area contributed by atoms with Gasteiger partial charge in [-0.25, -0.2) is 0 Å². The molecular weight excluding hydrogens is 318 g/mol. The van der Waals surface area contributed by atoms with Crippen LogP contribution in [-0.4, -0.2) is 41.6 Å². The molecule has 0 unspecified atom stereocenters. The van der Waals surface area contributed by atoms with E-state index in [-0.39, 0.29) is 20.6 Å². The first kappa shape index (κ1) is 20.9. The third-order valence-corrected chi connectivity index (χ3v) is 4.00. The third kappa shape index (κ3) is 7.07. The van der Waals surface area contributed by atoms with Crippen LogP contribution in [0.5, 0.6) is 0 Å². The van der Waals surface area contributed by atoms with Gasteiger partial charge < -0.3 is 15.5 Å². The van der Waals surface area contributed by atoms with E-state index in [1.165, 1.54) is 0 Å². The van der Waals surface area contributed by atoms with Crippen molar-refractivity contribution in [3.8, 4) is 0 Å². The highest BCUT2D eigenvalue weighted by molar-refractivity contribution is 5.91. The summed E-state index contributed by atoms with van der Waals surface area (Å²) in [6, 6.07) is 3.67. The largest absolute Gasteiger partial charge is 0.356 e. The van der Waals surface area contributed by atoms with E-state index in [1.807, 2.05) is 33.8 Å². The van der Waals surface area contributed by atoms with E-state index in [1.54, 1.807) is 13.0 Å². The number of carbonyl (C=O) groups is 2. The van der Waals surface area contributed by atoms with Crippen LogP contribution in [-0.2, 0) is 9.59 Å². The zero-order valence-electron chi connectivity index (χ0n) is 16.0. The highest BCUT2D eigenvalue weighted by Crippen LogP contribution is 2.21. The molecule has 0 atom stereocenters. The van der Waals surface area contributed by atoms with Gasteiger partial charge in [-0.05, 0) is 30.9 Å². The van der Waals surface area contributed by atoms with Crippen molar-refractivity contribution in [1.82, 2.24) is 15.5 Å². The summed E-state index contributed by atoms with van der Waals surface area (Å²) in [6.45, 7) is 11.8. The summed E-state index contributed by atoms with van der Waals surface area (Å²) in [6.07, 6.45) is 2.04. The molecule has 7 nitrogen and oxygen atoms in total. The van der Waals surface area contributed by atoms with Gasteiger partial charge in [-0.1, -0.05) is 27.7 Å². The van der Waals surface area contributed by atoms with Crippen LogP contribution in [0.25, 0.3) is 0 Å². The lowest BCUT2D eigenvalue weighted by Crippen LogP contribution is -2.38. The Morgan fingerprint density at radius 3 is 2.36 bits per heavy atom. The van der Waals surface area contributed by atoms with Crippen molar-refractivity contribution in [2.24, 2.45) is 11.8 Å². The number of aromatic nitrogens is 2. The molecule has 0 bridgehead atoms. The Hall–Kier alpha value is -2.18. The normalized spacial score (nSPS) is 14.6. The molecule has 1 aromatic heterocycles. The Kier molecular flexibility index (Phi) is 8.88. The zero-order chi connectivity index (χ0) is 18.8. The lowest BCUT2D eigenvalue weighted by Gasteiger charge is -2.32. The van der Waals surface area contributed by atoms with E-state index in [9.17, 15) is 9.59 Å². The minimum atomic E-state index is -0.0842. The second kappa shape index (κ2) is 10.6. The fraction of sp³-hybridized carbons (Fsp3) is 0.667. The Balaban J connectivity index is 0. The van der Waals surface area contributed by atoms with E-state index in [4.69, 9.17) is 0 Å². The minimum absolute atomic E-state index is 0. The maximum atomic E-state index is 11.6. The first-order valence-electron chi connectivity index (χ1n) is 9.09. The smallest absolute Gasteiger partial charge is 0.228 e. The molecule has 0 aliphatic carbocycles. The van der Waals surface area contributed by atoms with Crippen LogP contribution in [0.2, 0.25) is 0 Å². The molecule has 1 aliphatic rings. The van der Waals surface area contributed by atoms with Crippen LogP contribution in [0.4, 0.5) is 11.6 Å². The number of rotatable bonds is 5. The maximum Gasteiger partial charge on any atom is 0.228 e. The summed E-state index contributed by atoms with van der Waals surface area (Å²) in [5.41, 5.74) is 0. The van der Waals surface area contributed by atoms with E-state index in [2.05, 4.69) is 25.7 Å². The van der Waals surface area contributed by atoms with Crippen molar-refractivity contribution in [2.75, 3.05) is 29.9 Å². The summed E-state index contributed by atoms with van der Waals surface area (Å²) < 4.78 is 0. The number of piperidine rings is 1. The van der Waals surface area contributed by atoms with Crippen molar-refractivity contribution < 1.29 is 12.4 Å². The lowest BCUT2D eigenvalue weighted by atomic mass is 9.97. The van der Waals surface area contributed by atoms with Crippen molar-refractivity contribution >= 4 is 23.5 Å². The van der Waals surface area contributed by atoms with E-state index >= 15 is 0 Å². The predicted molar refractivity (Wildman–Crippen MR) is 105 cm³/mol. The van der Waals surface area contributed by atoms with Gasteiger partial charge in [-0.15, -0.1) is 10.2 Å². The van der Waals surface area contributed by atoms with Gasteiger partial charge in [-0.3, -0.25) is 9.59 Å². The van der Waals surface area contributed by atoms with Gasteiger partial charge in [0.15, 0.2) is 11.6 Å². The predicted octanol–water partition coefficient (Wildman–Crippen LogP) is 2.94. The van der Waals surface area contributed by atoms with Crippen LogP contribution in [0.15, 0.2) is 12.1 Å². The summed E-state index contributed by atoms with van der Waals surface area (Å²) in [7, 11) is 0. The Labute approximate surface area is 153 Å². The van der Waals surface area contributed by atoms with Gasteiger partial charge >= 0.3 is 0 Å². The molecular formula is C18H35N5O2. The molecule has 2 N–H and O–H groups in total. The van der Waals surface area contributed by atoms with Gasteiger partial charge in [0.05, 0.1) is 0 Å². The van der Waals surface area contributed by atoms with Crippen molar-refractivity contribution in [2.45, 2.75) is 47.5 Å². The number of anilines is 2. The molecule has 1 fully saturated rings. The zero-order valence-corrected chi connectivity index (χ0v) is 16.0. The van der Waals surface area contributed by atoms with Gasteiger partial charge in [0.2, 0.25) is 11.8 Å². The minimum Gasteiger partial charge on any atom is -0.356 e. The highest BCUT2D eigenvalue weighted by Gasteiger charge is 2.20. The van der Waals surface area contributed by atoms with Crippen LogP contribution in [0.3, 0.4) is 0 Å². The van der Waals surface area contributed by atoms with E-state index in [0.717, 1.165) is 38.3 Å². The molecule has 144 valence electrons. The Morgan fingerprint density at radius 2 is 1.88 bits per heavy atom.